The molecular formula is C18H29NO. The molecule has 2 rings (SSSR count). The molecule has 1 unspecified atom stereocenters. The molecule has 1 atom stereocenters. The van der Waals surface area contributed by atoms with E-state index in [4.69, 9.17) is 0 Å². The first kappa shape index (κ1) is 15.5. The van der Waals surface area contributed by atoms with Crippen molar-refractivity contribution in [1.82, 2.24) is 4.90 Å². The normalized spacial score (nSPS) is 25.1. The lowest BCUT2D eigenvalue weighted by molar-refractivity contribution is 0.0204. The SMILES string of the molecule is CC(C)c1ccc(C2(O)CCCN(C(C)C)CC2)cc1. The van der Waals surface area contributed by atoms with Crippen LogP contribution in [0.2, 0.25) is 0 Å². The molecule has 20 heavy (non-hydrogen) atoms. The van der Waals surface area contributed by atoms with E-state index < -0.39 is 5.60 Å². The summed E-state index contributed by atoms with van der Waals surface area (Å²) in [5.74, 6) is 0.546. The van der Waals surface area contributed by atoms with E-state index in [1.54, 1.807) is 0 Å². The maximum atomic E-state index is 11.0. The quantitative estimate of drug-likeness (QED) is 0.904. The molecule has 112 valence electrons. The first-order chi connectivity index (χ1) is 9.42. The van der Waals surface area contributed by atoms with Crippen LogP contribution in [0, 0.1) is 0 Å². The molecule has 2 nitrogen and oxygen atoms in total. The predicted octanol–water partition coefficient (Wildman–Crippen LogP) is 3.89. The minimum absolute atomic E-state index is 0.546. The van der Waals surface area contributed by atoms with Crippen molar-refractivity contribution in [2.75, 3.05) is 13.1 Å². The van der Waals surface area contributed by atoms with Gasteiger partial charge in [0.05, 0.1) is 5.60 Å². The van der Waals surface area contributed by atoms with E-state index in [9.17, 15) is 5.11 Å². The van der Waals surface area contributed by atoms with Gasteiger partial charge in [-0.1, -0.05) is 38.1 Å². The second-order valence-corrected chi connectivity index (χ2v) is 6.79. The smallest absolute Gasteiger partial charge is 0.0909 e. The zero-order valence-electron chi connectivity index (χ0n) is 13.4. The Labute approximate surface area is 123 Å². The topological polar surface area (TPSA) is 23.5 Å². The van der Waals surface area contributed by atoms with Crippen molar-refractivity contribution in [3.63, 3.8) is 0 Å². The Morgan fingerprint density at radius 3 is 2.20 bits per heavy atom. The fraction of sp³-hybridized carbons (Fsp3) is 0.667. The van der Waals surface area contributed by atoms with Gasteiger partial charge >= 0.3 is 0 Å². The van der Waals surface area contributed by atoms with E-state index in [1.165, 1.54) is 5.56 Å². The maximum Gasteiger partial charge on any atom is 0.0909 e. The Kier molecular flexibility index (Phi) is 4.87. The van der Waals surface area contributed by atoms with Gasteiger partial charge in [0.15, 0.2) is 0 Å². The number of likely N-dealkylation sites (tertiary alicyclic amines) is 1. The van der Waals surface area contributed by atoms with Gasteiger partial charge < -0.3 is 10.0 Å². The van der Waals surface area contributed by atoms with Crippen molar-refractivity contribution in [3.05, 3.63) is 35.4 Å². The summed E-state index contributed by atoms with van der Waals surface area (Å²) in [6.07, 6.45) is 2.78. The molecule has 1 N–H and O–H groups in total. The van der Waals surface area contributed by atoms with Crippen LogP contribution in [0.25, 0.3) is 0 Å². The van der Waals surface area contributed by atoms with Gasteiger partial charge in [-0.3, -0.25) is 0 Å². The zero-order chi connectivity index (χ0) is 14.8. The van der Waals surface area contributed by atoms with Crippen LogP contribution < -0.4 is 0 Å². The van der Waals surface area contributed by atoms with Crippen LogP contribution in [0.4, 0.5) is 0 Å². The highest BCUT2D eigenvalue weighted by Crippen LogP contribution is 2.33. The molecule has 0 bridgehead atoms. The summed E-state index contributed by atoms with van der Waals surface area (Å²) in [4.78, 5) is 2.47. The van der Waals surface area contributed by atoms with Crippen LogP contribution in [-0.4, -0.2) is 29.1 Å². The van der Waals surface area contributed by atoms with Crippen LogP contribution in [-0.2, 0) is 5.60 Å². The first-order valence-corrected chi connectivity index (χ1v) is 7.99. The molecular weight excluding hydrogens is 246 g/mol. The molecule has 0 radical (unpaired) electrons. The summed E-state index contributed by atoms with van der Waals surface area (Å²) >= 11 is 0. The summed E-state index contributed by atoms with van der Waals surface area (Å²) in [6.45, 7) is 11.0. The summed E-state index contributed by atoms with van der Waals surface area (Å²) < 4.78 is 0. The molecule has 1 fully saturated rings. The van der Waals surface area contributed by atoms with Crippen LogP contribution in [0.15, 0.2) is 24.3 Å². The van der Waals surface area contributed by atoms with Gasteiger partial charge in [0.2, 0.25) is 0 Å². The third kappa shape index (κ3) is 3.42. The van der Waals surface area contributed by atoms with Gasteiger partial charge in [-0.2, -0.15) is 0 Å². The number of nitrogens with zero attached hydrogens (tertiary/aromatic N) is 1. The number of hydrogen-bond acceptors (Lipinski definition) is 2. The van der Waals surface area contributed by atoms with Crippen molar-refractivity contribution >= 4 is 0 Å². The maximum absolute atomic E-state index is 11.0. The summed E-state index contributed by atoms with van der Waals surface area (Å²) in [5.41, 5.74) is 1.79. The minimum atomic E-state index is -0.640. The molecule has 1 heterocycles. The monoisotopic (exact) mass is 275 g/mol. The minimum Gasteiger partial charge on any atom is -0.385 e. The Bertz CT molecular complexity index is 424. The van der Waals surface area contributed by atoms with Crippen molar-refractivity contribution < 1.29 is 5.11 Å². The zero-order valence-corrected chi connectivity index (χ0v) is 13.4. The predicted molar refractivity (Wildman–Crippen MR) is 85.0 cm³/mol. The van der Waals surface area contributed by atoms with E-state index >= 15 is 0 Å². The molecule has 1 aromatic carbocycles. The van der Waals surface area contributed by atoms with Crippen LogP contribution in [0.1, 0.15) is 64.0 Å². The lowest BCUT2D eigenvalue weighted by atomic mass is 9.86. The average Bonchev–Trinajstić information content (AvgIpc) is 2.62. The Balaban J connectivity index is 2.13. The molecule has 0 aromatic heterocycles. The van der Waals surface area contributed by atoms with Crippen LogP contribution in [0.5, 0.6) is 0 Å². The second-order valence-electron chi connectivity index (χ2n) is 6.79. The molecule has 1 aliphatic rings. The van der Waals surface area contributed by atoms with E-state index in [2.05, 4.69) is 56.9 Å². The molecule has 1 saturated heterocycles. The second kappa shape index (κ2) is 6.28. The average molecular weight is 275 g/mol. The molecule has 0 saturated carbocycles. The number of rotatable bonds is 3. The van der Waals surface area contributed by atoms with Gasteiger partial charge in [-0.15, -0.1) is 0 Å². The van der Waals surface area contributed by atoms with E-state index in [-0.39, 0.29) is 0 Å². The van der Waals surface area contributed by atoms with E-state index in [0.29, 0.717) is 12.0 Å². The van der Waals surface area contributed by atoms with Crippen molar-refractivity contribution in [1.29, 1.82) is 0 Å². The number of benzene rings is 1. The summed E-state index contributed by atoms with van der Waals surface area (Å²) in [7, 11) is 0. The number of aliphatic hydroxyl groups is 1. The largest absolute Gasteiger partial charge is 0.385 e. The standard InChI is InChI=1S/C18H29NO/c1-14(2)16-6-8-17(9-7-16)18(20)10-5-12-19(13-11-18)15(3)4/h6-9,14-15,20H,5,10-13H2,1-4H3. The Morgan fingerprint density at radius 2 is 1.65 bits per heavy atom. The van der Waals surface area contributed by atoms with Crippen molar-refractivity contribution in [2.45, 2.75) is 64.5 Å². The van der Waals surface area contributed by atoms with Crippen LogP contribution in [0.3, 0.4) is 0 Å². The van der Waals surface area contributed by atoms with Gasteiger partial charge in [0.25, 0.3) is 0 Å². The van der Waals surface area contributed by atoms with E-state index in [0.717, 1.165) is 37.9 Å². The molecule has 1 aromatic rings. The van der Waals surface area contributed by atoms with Gasteiger partial charge in [0, 0.05) is 12.6 Å². The Morgan fingerprint density at radius 1 is 1.00 bits per heavy atom. The molecule has 0 amide bonds. The van der Waals surface area contributed by atoms with E-state index in [1.807, 2.05) is 0 Å². The third-order valence-corrected chi connectivity index (χ3v) is 4.69. The lowest BCUT2D eigenvalue weighted by Crippen LogP contribution is -2.33. The fourth-order valence-corrected chi connectivity index (χ4v) is 3.12. The number of hydrogen-bond donors (Lipinski definition) is 1. The van der Waals surface area contributed by atoms with Gasteiger partial charge in [-0.25, -0.2) is 0 Å². The van der Waals surface area contributed by atoms with Crippen molar-refractivity contribution in [2.24, 2.45) is 0 Å². The summed E-state index contributed by atoms with van der Waals surface area (Å²) in [5, 5.41) is 11.0. The molecule has 1 aliphatic heterocycles. The van der Waals surface area contributed by atoms with Gasteiger partial charge in [-0.05, 0) is 56.7 Å². The fourth-order valence-electron chi connectivity index (χ4n) is 3.12. The van der Waals surface area contributed by atoms with Gasteiger partial charge in [0.1, 0.15) is 0 Å². The van der Waals surface area contributed by atoms with Crippen LogP contribution >= 0.6 is 0 Å². The van der Waals surface area contributed by atoms with Crippen molar-refractivity contribution in [3.8, 4) is 0 Å². The molecule has 0 spiro atoms. The highest BCUT2D eigenvalue weighted by atomic mass is 16.3. The molecule has 0 aliphatic carbocycles. The lowest BCUT2D eigenvalue weighted by Gasteiger charge is -2.29. The molecule has 2 heteroatoms. The third-order valence-electron chi connectivity index (χ3n) is 4.69. The highest BCUT2D eigenvalue weighted by Gasteiger charge is 2.32. The Hall–Kier alpha value is -0.860. The highest BCUT2D eigenvalue weighted by molar-refractivity contribution is 5.29. The first-order valence-electron chi connectivity index (χ1n) is 7.99. The summed E-state index contributed by atoms with van der Waals surface area (Å²) in [6, 6.07) is 9.16.